The number of carbonyl (C=O) groups excluding carboxylic acids is 1. The average Bonchev–Trinajstić information content (AvgIpc) is 3.34. The number of rotatable bonds is 15. The molecule has 0 spiro atoms. The van der Waals surface area contributed by atoms with Gasteiger partial charge in [-0.2, -0.15) is 0 Å². The summed E-state index contributed by atoms with van der Waals surface area (Å²) in [5, 5.41) is 0. The highest BCUT2D eigenvalue weighted by molar-refractivity contribution is 5.84. The summed E-state index contributed by atoms with van der Waals surface area (Å²) in [5.41, 5.74) is 4.91. The predicted molar refractivity (Wildman–Crippen MR) is 172 cm³/mol. The van der Waals surface area contributed by atoms with Crippen molar-refractivity contribution in [3.05, 3.63) is 138 Å². The molecule has 0 aliphatic carbocycles. The molecule has 1 saturated heterocycles. The number of amides is 1. The molecule has 0 bridgehead atoms. The molecule has 1 heterocycles. The zero-order valence-corrected chi connectivity index (χ0v) is 25.1. The van der Waals surface area contributed by atoms with E-state index in [2.05, 4.69) is 96.8 Å². The van der Waals surface area contributed by atoms with Gasteiger partial charge in [0, 0.05) is 19.0 Å². The molecule has 5 rings (SSSR count). The number of likely N-dealkylation sites (tertiary alicyclic amines) is 1. The fourth-order valence-corrected chi connectivity index (χ4v) is 6.65. The van der Waals surface area contributed by atoms with Crippen LogP contribution in [-0.2, 0) is 17.9 Å². The van der Waals surface area contributed by atoms with E-state index in [9.17, 15) is 4.79 Å². The molecule has 0 radical (unpaired) electrons. The maximum Gasteiger partial charge on any atom is 0.229 e. The Morgan fingerprint density at radius 2 is 1.33 bits per heavy atom. The Balaban J connectivity index is 1.12. The number of hydrogen-bond donors (Lipinski definition) is 0. The summed E-state index contributed by atoms with van der Waals surface area (Å²) >= 11 is 0. The summed E-state index contributed by atoms with van der Waals surface area (Å²) in [4.78, 5) is 15.9. The lowest BCUT2D eigenvalue weighted by Gasteiger charge is -2.28. The van der Waals surface area contributed by atoms with Crippen LogP contribution in [-0.4, -0.2) is 17.4 Å². The first-order valence-corrected chi connectivity index (χ1v) is 15.8. The van der Waals surface area contributed by atoms with Crippen molar-refractivity contribution in [3.63, 3.8) is 0 Å². The third-order valence-corrected chi connectivity index (χ3v) is 8.93. The highest BCUT2D eigenvalue weighted by atomic mass is 16.5. The van der Waals surface area contributed by atoms with Crippen molar-refractivity contribution in [3.8, 4) is 5.75 Å². The molecule has 4 aromatic carbocycles. The van der Waals surface area contributed by atoms with Crippen LogP contribution in [0.3, 0.4) is 0 Å². The number of carbonyl (C=O) groups is 1. The predicted octanol–water partition coefficient (Wildman–Crippen LogP) is 9.57. The fourth-order valence-electron chi connectivity index (χ4n) is 6.65. The maximum absolute atomic E-state index is 13.8. The van der Waals surface area contributed by atoms with Gasteiger partial charge in [-0.05, 0) is 60.1 Å². The SMILES string of the molecule is CCCC1(CCCCCC(c2ccccc2)c2ccccc2)CCN(Cc2ccc(OCc3ccccc3)cc2)C1=O. The van der Waals surface area contributed by atoms with Gasteiger partial charge in [-0.25, -0.2) is 0 Å². The number of benzene rings is 4. The summed E-state index contributed by atoms with van der Waals surface area (Å²) in [6.45, 7) is 4.31. The normalized spacial score (nSPS) is 16.7. The molecule has 1 aliphatic heterocycles. The molecule has 0 saturated carbocycles. The lowest BCUT2D eigenvalue weighted by molar-refractivity contribution is -0.137. The molecule has 42 heavy (non-hydrogen) atoms. The summed E-state index contributed by atoms with van der Waals surface area (Å²) in [5.74, 6) is 1.65. The van der Waals surface area contributed by atoms with Crippen molar-refractivity contribution in [1.82, 2.24) is 4.90 Å². The largest absolute Gasteiger partial charge is 0.489 e. The van der Waals surface area contributed by atoms with Gasteiger partial charge in [-0.1, -0.05) is 136 Å². The molecule has 0 N–H and O–H groups in total. The number of nitrogens with zero attached hydrogens (tertiary/aromatic N) is 1. The summed E-state index contributed by atoms with van der Waals surface area (Å²) in [6.07, 6.45) is 8.62. The Morgan fingerprint density at radius 1 is 0.714 bits per heavy atom. The van der Waals surface area contributed by atoms with Crippen LogP contribution in [0.2, 0.25) is 0 Å². The van der Waals surface area contributed by atoms with Crippen LogP contribution in [0.15, 0.2) is 115 Å². The second kappa shape index (κ2) is 14.9. The number of ether oxygens (including phenoxy) is 1. The first-order valence-electron chi connectivity index (χ1n) is 15.8. The van der Waals surface area contributed by atoms with E-state index in [4.69, 9.17) is 4.74 Å². The molecular formula is C39H45NO2. The fraction of sp³-hybridized carbons (Fsp3) is 0.359. The molecule has 1 atom stereocenters. The van der Waals surface area contributed by atoms with Crippen LogP contribution in [0.4, 0.5) is 0 Å². The minimum atomic E-state index is -0.189. The van der Waals surface area contributed by atoms with E-state index >= 15 is 0 Å². The van der Waals surface area contributed by atoms with Crippen molar-refractivity contribution in [2.75, 3.05) is 6.54 Å². The third-order valence-electron chi connectivity index (χ3n) is 8.93. The number of hydrogen-bond acceptors (Lipinski definition) is 2. The third kappa shape index (κ3) is 7.70. The van der Waals surface area contributed by atoms with Crippen molar-refractivity contribution >= 4 is 5.91 Å². The van der Waals surface area contributed by atoms with Crippen LogP contribution in [0.25, 0.3) is 0 Å². The molecule has 218 valence electrons. The highest BCUT2D eigenvalue weighted by Crippen LogP contribution is 2.42. The molecule has 1 amide bonds. The second-order valence-corrected chi connectivity index (χ2v) is 11.9. The van der Waals surface area contributed by atoms with Crippen LogP contribution < -0.4 is 4.74 Å². The Bertz CT molecular complexity index is 1310. The summed E-state index contributed by atoms with van der Waals surface area (Å²) in [6, 6.07) is 40.3. The van der Waals surface area contributed by atoms with Gasteiger partial charge in [0.2, 0.25) is 5.91 Å². The maximum atomic E-state index is 13.8. The zero-order valence-electron chi connectivity index (χ0n) is 25.1. The minimum Gasteiger partial charge on any atom is -0.489 e. The molecule has 1 aliphatic rings. The quantitative estimate of drug-likeness (QED) is 0.136. The van der Waals surface area contributed by atoms with Crippen molar-refractivity contribution in [2.24, 2.45) is 5.41 Å². The van der Waals surface area contributed by atoms with E-state index in [1.807, 2.05) is 30.3 Å². The van der Waals surface area contributed by atoms with Gasteiger partial charge in [0.05, 0.1) is 5.41 Å². The van der Waals surface area contributed by atoms with E-state index in [1.54, 1.807) is 0 Å². The van der Waals surface area contributed by atoms with Crippen LogP contribution in [0, 0.1) is 5.41 Å². The number of unbranched alkanes of at least 4 members (excludes halogenated alkanes) is 2. The molecule has 4 aromatic rings. The van der Waals surface area contributed by atoms with Crippen LogP contribution in [0.5, 0.6) is 5.75 Å². The second-order valence-electron chi connectivity index (χ2n) is 11.9. The first-order chi connectivity index (χ1) is 20.7. The van der Waals surface area contributed by atoms with Gasteiger partial charge < -0.3 is 9.64 Å². The van der Waals surface area contributed by atoms with E-state index in [1.165, 1.54) is 24.0 Å². The van der Waals surface area contributed by atoms with Crippen molar-refractivity contribution in [1.29, 1.82) is 0 Å². The van der Waals surface area contributed by atoms with Gasteiger partial charge in [-0.3, -0.25) is 4.79 Å². The molecular weight excluding hydrogens is 514 g/mol. The molecule has 3 heteroatoms. The van der Waals surface area contributed by atoms with Gasteiger partial charge in [0.1, 0.15) is 12.4 Å². The van der Waals surface area contributed by atoms with E-state index in [0.29, 0.717) is 25.0 Å². The molecule has 3 nitrogen and oxygen atoms in total. The van der Waals surface area contributed by atoms with Crippen LogP contribution in [0.1, 0.15) is 86.5 Å². The van der Waals surface area contributed by atoms with Crippen LogP contribution >= 0.6 is 0 Å². The summed E-state index contributed by atoms with van der Waals surface area (Å²) < 4.78 is 5.95. The Hall–Kier alpha value is -3.85. The lowest BCUT2D eigenvalue weighted by Crippen LogP contribution is -2.34. The molecule has 1 unspecified atom stereocenters. The van der Waals surface area contributed by atoms with E-state index in [0.717, 1.165) is 61.9 Å². The average molecular weight is 560 g/mol. The van der Waals surface area contributed by atoms with E-state index in [-0.39, 0.29) is 5.41 Å². The van der Waals surface area contributed by atoms with Gasteiger partial charge in [-0.15, -0.1) is 0 Å². The summed E-state index contributed by atoms with van der Waals surface area (Å²) in [7, 11) is 0. The van der Waals surface area contributed by atoms with Gasteiger partial charge in [0.25, 0.3) is 0 Å². The van der Waals surface area contributed by atoms with Crippen molar-refractivity contribution in [2.45, 2.75) is 77.4 Å². The standard InChI is InChI=1S/C39H45NO2/c1-2-26-39(27-14-6-13-21-37(34-17-9-4-10-18-34)35-19-11-5-12-20-35)28-29-40(38(39)41)30-32-22-24-36(25-23-32)42-31-33-15-7-3-8-16-33/h3-5,7-12,15-20,22-25,37H,2,6,13-14,21,26-31H2,1H3. The Morgan fingerprint density at radius 3 is 1.95 bits per heavy atom. The highest BCUT2D eigenvalue weighted by Gasteiger charge is 2.44. The topological polar surface area (TPSA) is 29.5 Å². The molecule has 1 fully saturated rings. The Labute approximate surface area is 252 Å². The van der Waals surface area contributed by atoms with Crippen molar-refractivity contribution < 1.29 is 9.53 Å². The minimum absolute atomic E-state index is 0.189. The molecule has 0 aromatic heterocycles. The smallest absolute Gasteiger partial charge is 0.229 e. The first kappa shape index (κ1) is 29.6. The van der Waals surface area contributed by atoms with E-state index < -0.39 is 0 Å². The van der Waals surface area contributed by atoms with Gasteiger partial charge in [0.15, 0.2) is 0 Å². The monoisotopic (exact) mass is 559 g/mol. The Kier molecular flexibility index (Phi) is 10.5. The lowest BCUT2D eigenvalue weighted by atomic mass is 9.77. The van der Waals surface area contributed by atoms with Gasteiger partial charge >= 0.3 is 0 Å². The zero-order chi connectivity index (χ0) is 29.0.